The van der Waals surface area contributed by atoms with Gasteiger partial charge in [-0.25, -0.2) is 0 Å². The van der Waals surface area contributed by atoms with Gasteiger partial charge in [-0.05, 0) is 11.8 Å². The Hall–Kier alpha value is -1.59. The van der Waals surface area contributed by atoms with Gasteiger partial charge in [0.15, 0.2) is 5.96 Å². The van der Waals surface area contributed by atoms with Gasteiger partial charge >= 0.3 is 0 Å². The summed E-state index contributed by atoms with van der Waals surface area (Å²) in [6.45, 7) is 10.6. The summed E-state index contributed by atoms with van der Waals surface area (Å²) in [7, 11) is 1.85. The molecule has 1 saturated heterocycles. The molecule has 0 amide bonds. The molecular formula is C14H26N6. The van der Waals surface area contributed by atoms with E-state index < -0.39 is 0 Å². The third-order valence-corrected chi connectivity index (χ3v) is 3.84. The molecule has 2 heterocycles. The standard InChI is InChI=1S/C14H26N6/c1-5-12-18-17-11-20(12)9-7-16-13(15-4)19-8-6-14(2,3)10-19/h11H,5-10H2,1-4H3,(H,15,16). The molecule has 0 aliphatic carbocycles. The highest BCUT2D eigenvalue weighted by atomic mass is 15.3. The van der Waals surface area contributed by atoms with Crippen molar-refractivity contribution in [3.8, 4) is 0 Å². The van der Waals surface area contributed by atoms with Gasteiger partial charge in [-0.2, -0.15) is 0 Å². The highest BCUT2D eigenvalue weighted by Crippen LogP contribution is 2.28. The van der Waals surface area contributed by atoms with E-state index in [2.05, 4.69) is 50.7 Å². The number of aliphatic imine (C=N–C) groups is 1. The van der Waals surface area contributed by atoms with E-state index in [0.717, 1.165) is 44.4 Å². The van der Waals surface area contributed by atoms with Crippen molar-refractivity contribution in [2.24, 2.45) is 10.4 Å². The summed E-state index contributed by atoms with van der Waals surface area (Å²) in [6, 6.07) is 0. The Bertz CT molecular complexity index is 462. The van der Waals surface area contributed by atoms with Gasteiger partial charge in [-0.1, -0.05) is 20.8 Å². The van der Waals surface area contributed by atoms with Crippen LogP contribution >= 0.6 is 0 Å². The van der Waals surface area contributed by atoms with Crippen molar-refractivity contribution in [1.82, 2.24) is 25.0 Å². The van der Waals surface area contributed by atoms with Crippen molar-refractivity contribution in [2.45, 2.75) is 40.2 Å². The Morgan fingerprint density at radius 3 is 2.90 bits per heavy atom. The maximum Gasteiger partial charge on any atom is 0.193 e. The molecule has 6 heteroatoms. The molecule has 1 aliphatic heterocycles. The second-order valence-corrected chi connectivity index (χ2v) is 6.10. The van der Waals surface area contributed by atoms with Gasteiger partial charge in [0.25, 0.3) is 0 Å². The normalized spacial score (nSPS) is 18.6. The molecule has 20 heavy (non-hydrogen) atoms. The van der Waals surface area contributed by atoms with E-state index in [0.29, 0.717) is 5.41 Å². The molecule has 0 unspecified atom stereocenters. The lowest BCUT2D eigenvalue weighted by Gasteiger charge is -2.23. The van der Waals surface area contributed by atoms with Crippen LogP contribution in [0.2, 0.25) is 0 Å². The van der Waals surface area contributed by atoms with Crippen LogP contribution in [0.25, 0.3) is 0 Å². The summed E-state index contributed by atoms with van der Waals surface area (Å²) in [6.07, 6.45) is 3.93. The average molecular weight is 278 g/mol. The minimum absolute atomic E-state index is 0.390. The van der Waals surface area contributed by atoms with Gasteiger partial charge in [0.2, 0.25) is 0 Å². The van der Waals surface area contributed by atoms with Crippen LogP contribution in [0, 0.1) is 5.41 Å². The topological polar surface area (TPSA) is 58.3 Å². The van der Waals surface area contributed by atoms with Crippen LogP contribution in [0.3, 0.4) is 0 Å². The number of aromatic nitrogens is 3. The van der Waals surface area contributed by atoms with Crippen molar-refractivity contribution in [3.05, 3.63) is 12.2 Å². The van der Waals surface area contributed by atoms with E-state index >= 15 is 0 Å². The molecule has 112 valence electrons. The molecule has 1 fully saturated rings. The van der Waals surface area contributed by atoms with Crippen LogP contribution in [-0.2, 0) is 13.0 Å². The minimum atomic E-state index is 0.390. The molecule has 0 bridgehead atoms. The quantitative estimate of drug-likeness (QED) is 0.663. The maximum absolute atomic E-state index is 4.39. The van der Waals surface area contributed by atoms with Gasteiger partial charge < -0.3 is 14.8 Å². The predicted molar refractivity (Wildman–Crippen MR) is 80.7 cm³/mol. The highest BCUT2D eigenvalue weighted by Gasteiger charge is 2.30. The molecule has 0 radical (unpaired) electrons. The first-order valence-electron chi connectivity index (χ1n) is 7.38. The first kappa shape index (κ1) is 14.8. The fourth-order valence-electron chi connectivity index (χ4n) is 2.65. The molecule has 1 aromatic rings. The molecule has 1 N–H and O–H groups in total. The molecule has 0 aromatic carbocycles. The summed E-state index contributed by atoms with van der Waals surface area (Å²) in [5, 5.41) is 11.5. The van der Waals surface area contributed by atoms with Gasteiger partial charge in [-0.15, -0.1) is 10.2 Å². The van der Waals surface area contributed by atoms with Crippen molar-refractivity contribution < 1.29 is 0 Å². The van der Waals surface area contributed by atoms with Crippen LogP contribution in [0.15, 0.2) is 11.3 Å². The fourth-order valence-corrected chi connectivity index (χ4v) is 2.65. The fraction of sp³-hybridized carbons (Fsp3) is 0.786. The number of likely N-dealkylation sites (tertiary alicyclic amines) is 1. The summed E-state index contributed by atoms with van der Waals surface area (Å²) in [4.78, 5) is 6.73. The predicted octanol–water partition coefficient (Wildman–Crippen LogP) is 1.15. The van der Waals surface area contributed by atoms with E-state index in [-0.39, 0.29) is 0 Å². The molecule has 2 rings (SSSR count). The number of hydrogen-bond acceptors (Lipinski definition) is 3. The molecule has 0 atom stereocenters. The van der Waals surface area contributed by atoms with Crippen molar-refractivity contribution >= 4 is 5.96 Å². The maximum atomic E-state index is 4.39. The second-order valence-electron chi connectivity index (χ2n) is 6.10. The SMILES string of the molecule is CCc1nncn1CCNC(=NC)N1CCC(C)(C)C1. The number of aryl methyl sites for hydroxylation is 1. The largest absolute Gasteiger partial charge is 0.354 e. The van der Waals surface area contributed by atoms with Crippen LogP contribution in [0.4, 0.5) is 0 Å². The molecule has 1 aromatic heterocycles. The van der Waals surface area contributed by atoms with Crippen molar-refractivity contribution in [3.63, 3.8) is 0 Å². The second kappa shape index (κ2) is 6.24. The average Bonchev–Trinajstić information content (AvgIpc) is 3.00. The molecule has 0 saturated carbocycles. The first-order valence-corrected chi connectivity index (χ1v) is 7.38. The zero-order valence-electron chi connectivity index (χ0n) is 13.1. The number of rotatable bonds is 4. The monoisotopic (exact) mass is 278 g/mol. The van der Waals surface area contributed by atoms with Crippen LogP contribution in [0.1, 0.15) is 33.0 Å². The van der Waals surface area contributed by atoms with E-state index in [4.69, 9.17) is 0 Å². The van der Waals surface area contributed by atoms with Crippen molar-refractivity contribution in [2.75, 3.05) is 26.7 Å². The van der Waals surface area contributed by atoms with E-state index in [9.17, 15) is 0 Å². The number of guanidine groups is 1. The Morgan fingerprint density at radius 1 is 1.50 bits per heavy atom. The first-order chi connectivity index (χ1) is 9.55. The summed E-state index contributed by atoms with van der Waals surface area (Å²) in [5.74, 6) is 2.03. The Morgan fingerprint density at radius 2 is 2.30 bits per heavy atom. The zero-order chi connectivity index (χ0) is 14.6. The Labute approximate surface area is 121 Å². The Kier molecular flexibility index (Phi) is 4.62. The number of hydrogen-bond donors (Lipinski definition) is 1. The summed E-state index contributed by atoms with van der Waals surface area (Å²) >= 11 is 0. The number of nitrogens with one attached hydrogen (secondary N) is 1. The molecule has 0 spiro atoms. The highest BCUT2D eigenvalue weighted by molar-refractivity contribution is 5.80. The zero-order valence-corrected chi connectivity index (χ0v) is 13.1. The smallest absolute Gasteiger partial charge is 0.193 e. The summed E-state index contributed by atoms with van der Waals surface area (Å²) < 4.78 is 2.09. The number of nitrogens with zero attached hydrogens (tertiary/aromatic N) is 5. The minimum Gasteiger partial charge on any atom is -0.354 e. The lowest BCUT2D eigenvalue weighted by molar-refractivity contribution is 0.369. The lowest BCUT2D eigenvalue weighted by atomic mass is 9.93. The molecular weight excluding hydrogens is 252 g/mol. The third kappa shape index (κ3) is 3.49. The molecule has 6 nitrogen and oxygen atoms in total. The van der Waals surface area contributed by atoms with Crippen LogP contribution < -0.4 is 5.32 Å². The summed E-state index contributed by atoms with van der Waals surface area (Å²) in [5.41, 5.74) is 0.390. The third-order valence-electron chi connectivity index (χ3n) is 3.84. The van der Waals surface area contributed by atoms with Crippen molar-refractivity contribution in [1.29, 1.82) is 0 Å². The molecule has 1 aliphatic rings. The Balaban J connectivity index is 1.83. The van der Waals surface area contributed by atoms with Gasteiger partial charge in [0, 0.05) is 39.6 Å². The van der Waals surface area contributed by atoms with Gasteiger partial charge in [0.1, 0.15) is 12.2 Å². The van der Waals surface area contributed by atoms with Crippen LogP contribution in [0.5, 0.6) is 0 Å². The van der Waals surface area contributed by atoms with E-state index in [1.807, 2.05) is 7.05 Å². The van der Waals surface area contributed by atoms with Gasteiger partial charge in [-0.3, -0.25) is 4.99 Å². The van der Waals surface area contributed by atoms with Gasteiger partial charge in [0.05, 0.1) is 0 Å². The van der Waals surface area contributed by atoms with E-state index in [1.54, 1.807) is 6.33 Å². The van der Waals surface area contributed by atoms with E-state index in [1.165, 1.54) is 6.42 Å². The lowest BCUT2D eigenvalue weighted by Crippen LogP contribution is -2.41. The van der Waals surface area contributed by atoms with Crippen LogP contribution in [-0.4, -0.2) is 52.3 Å².